The summed E-state index contributed by atoms with van der Waals surface area (Å²) in [7, 11) is 0. The van der Waals surface area contributed by atoms with Crippen LogP contribution in [0.15, 0.2) is 85.3 Å². The van der Waals surface area contributed by atoms with Crippen LogP contribution in [0, 0.1) is 0 Å². The van der Waals surface area contributed by atoms with Gasteiger partial charge < -0.3 is 9.47 Å². The summed E-state index contributed by atoms with van der Waals surface area (Å²) in [6.45, 7) is 3.01. The van der Waals surface area contributed by atoms with Crippen LogP contribution >= 0.6 is 0 Å². The highest BCUT2D eigenvalue weighted by molar-refractivity contribution is 5.88. The van der Waals surface area contributed by atoms with Crippen LogP contribution in [0.4, 0.5) is 0 Å². The maximum Gasteiger partial charge on any atom is 0.162 e. The predicted molar refractivity (Wildman–Crippen MR) is 117 cm³/mol. The van der Waals surface area contributed by atoms with Gasteiger partial charge in [-0.05, 0) is 30.7 Å². The molecule has 5 nitrogen and oxygen atoms in total. The molecule has 4 aromatic rings. The number of aromatic nitrogens is 3. The summed E-state index contributed by atoms with van der Waals surface area (Å²) >= 11 is 0. The minimum atomic E-state index is 0.472. The van der Waals surface area contributed by atoms with Crippen molar-refractivity contribution in [3.8, 4) is 22.9 Å². The van der Waals surface area contributed by atoms with E-state index >= 15 is 0 Å². The second-order valence-electron chi connectivity index (χ2n) is 6.97. The molecule has 2 aromatic heterocycles. The highest BCUT2D eigenvalue weighted by Crippen LogP contribution is 2.35. The number of nitrogens with zero attached hydrogens (tertiary/aromatic N) is 3. The summed E-state index contributed by atoms with van der Waals surface area (Å²) in [4.78, 5) is 9.21. The van der Waals surface area contributed by atoms with Crippen LogP contribution in [0.5, 0.6) is 11.5 Å². The fraction of sp³-hybridized carbons (Fsp3) is 0.120. The van der Waals surface area contributed by atoms with Crippen LogP contribution in [0.25, 0.3) is 22.5 Å². The normalized spacial score (nSPS) is 12.5. The molecule has 148 valence electrons. The molecule has 2 heterocycles. The molecule has 5 rings (SSSR count). The lowest BCUT2D eigenvalue weighted by Gasteiger charge is -2.13. The highest BCUT2D eigenvalue weighted by Gasteiger charge is 2.18. The van der Waals surface area contributed by atoms with Gasteiger partial charge in [-0.3, -0.25) is 9.38 Å². The minimum absolute atomic E-state index is 0.472. The lowest BCUT2D eigenvalue weighted by atomic mass is 10.1. The first-order chi connectivity index (χ1) is 14.8. The van der Waals surface area contributed by atoms with Gasteiger partial charge in [0, 0.05) is 23.5 Å². The summed E-state index contributed by atoms with van der Waals surface area (Å²) in [5.74, 6) is 2.27. The summed E-state index contributed by atoms with van der Waals surface area (Å²) < 4.78 is 14.0. The van der Waals surface area contributed by atoms with Crippen molar-refractivity contribution < 1.29 is 9.47 Å². The van der Waals surface area contributed by atoms with E-state index < -0.39 is 0 Å². The van der Waals surface area contributed by atoms with Gasteiger partial charge in [0.2, 0.25) is 0 Å². The van der Waals surface area contributed by atoms with Crippen molar-refractivity contribution in [2.45, 2.75) is 13.5 Å². The van der Waals surface area contributed by atoms with Crippen molar-refractivity contribution in [2.24, 2.45) is 0 Å². The van der Waals surface area contributed by atoms with Gasteiger partial charge in [0.1, 0.15) is 12.4 Å². The standard InChI is InChI=1S/C25H21N3O2/c1-2-29-22-12-11-20(15-23(22)30-17-18-7-4-3-5-8-18)25-27-24(19-9-6-10-19)21-16-26-13-14-28(21)25/h3-16H,2,17H2,1H3. The zero-order chi connectivity index (χ0) is 20.3. The second-order valence-corrected chi connectivity index (χ2v) is 6.97. The van der Waals surface area contributed by atoms with E-state index in [4.69, 9.17) is 14.5 Å². The SMILES string of the molecule is CCOc1ccc(-c2nc(C3=CC=C3)c3cnccn23)cc1OCc1ccccc1. The average molecular weight is 395 g/mol. The molecule has 0 radical (unpaired) electrons. The number of hydrogen-bond donors (Lipinski definition) is 0. The van der Waals surface area contributed by atoms with E-state index in [0.717, 1.165) is 39.5 Å². The Hall–Kier alpha value is -3.86. The quantitative estimate of drug-likeness (QED) is 0.424. The van der Waals surface area contributed by atoms with E-state index in [0.29, 0.717) is 19.0 Å². The van der Waals surface area contributed by atoms with Crippen molar-refractivity contribution in [2.75, 3.05) is 6.61 Å². The van der Waals surface area contributed by atoms with Crippen LogP contribution in [-0.4, -0.2) is 21.0 Å². The predicted octanol–water partition coefficient (Wildman–Crippen LogP) is 5.33. The molecule has 0 amide bonds. The zero-order valence-electron chi connectivity index (χ0n) is 16.7. The molecule has 30 heavy (non-hydrogen) atoms. The molecule has 0 bridgehead atoms. The molecule has 0 unspecified atom stereocenters. The van der Waals surface area contributed by atoms with Gasteiger partial charge in [-0.15, -0.1) is 0 Å². The topological polar surface area (TPSA) is 48.7 Å². The van der Waals surface area contributed by atoms with E-state index in [9.17, 15) is 0 Å². The number of fused-ring (bicyclic) bond motifs is 1. The molecule has 0 aliphatic heterocycles. The summed E-state index contributed by atoms with van der Waals surface area (Å²) in [6.07, 6.45) is 11.7. The molecular formula is C25H21N3O2. The average Bonchev–Trinajstić information content (AvgIpc) is 3.12. The van der Waals surface area contributed by atoms with Gasteiger partial charge in [0.15, 0.2) is 11.5 Å². The lowest BCUT2D eigenvalue weighted by molar-refractivity contribution is 0.269. The maximum atomic E-state index is 6.14. The fourth-order valence-electron chi connectivity index (χ4n) is 3.47. The maximum absolute atomic E-state index is 6.14. The van der Waals surface area contributed by atoms with E-state index in [1.807, 2.05) is 73.9 Å². The number of imidazole rings is 1. The smallest absolute Gasteiger partial charge is 0.162 e. The molecule has 0 spiro atoms. The Kier molecular flexibility index (Phi) is 4.77. The Bertz CT molecular complexity index is 1260. The molecule has 0 saturated heterocycles. The van der Waals surface area contributed by atoms with Gasteiger partial charge in [-0.1, -0.05) is 48.6 Å². The Morgan fingerprint density at radius 1 is 1.00 bits per heavy atom. The number of allylic oxidation sites excluding steroid dienone is 4. The van der Waals surface area contributed by atoms with E-state index in [-0.39, 0.29) is 0 Å². The van der Waals surface area contributed by atoms with Gasteiger partial charge in [0.25, 0.3) is 0 Å². The fourth-order valence-corrected chi connectivity index (χ4v) is 3.47. The third-order valence-corrected chi connectivity index (χ3v) is 5.01. The molecular weight excluding hydrogens is 374 g/mol. The molecule has 0 fully saturated rings. The molecule has 1 aliphatic rings. The molecule has 0 atom stereocenters. The molecule has 1 aliphatic carbocycles. The number of benzene rings is 2. The van der Waals surface area contributed by atoms with Gasteiger partial charge in [-0.25, -0.2) is 4.98 Å². The molecule has 0 N–H and O–H groups in total. The summed E-state index contributed by atoms with van der Waals surface area (Å²) in [6, 6.07) is 16.1. The number of rotatable bonds is 7. The first-order valence-corrected chi connectivity index (χ1v) is 9.98. The molecule has 2 aromatic carbocycles. The molecule has 5 heteroatoms. The Morgan fingerprint density at radius 2 is 1.87 bits per heavy atom. The van der Waals surface area contributed by atoms with Crippen molar-refractivity contribution in [3.63, 3.8) is 0 Å². The highest BCUT2D eigenvalue weighted by atomic mass is 16.5. The van der Waals surface area contributed by atoms with Crippen molar-refractivity contribution in [3.05, 3.63) is 96.6 Å². The van der Waals surface area contributed by atoms with Crippen molar-refractivity contribution >= 4 is 11.1 Å². The first-order valence-electron chi connectivity index (χ1n) is 9.98. The number of hydrogen-bond acceptors (Lipinski definition) is 4. The Morgan fingerprint density at radius 3 is 2.63 bits per heavy atom. The van der Waals surface area contributed by atoms with Crippen LogP contribution in [0.3, 0.4) is 0 Å². The van der Waals surface area contributed by atoms with E-state index in [2.05, 4.69) is 21.5 Å². The van der Waals surface area contributed by atoms with Crippen LogP contribution in [-0.2, 0) is 6.61 Å². The Labute approximate surface area is 174 Å². The van der Waals surface area contributed by atoms with Gasteiger partial charge in [0.05, 0.1) is 24.0 Å². The van der Waals surface area contributed by atoms with Gasteiger partial charge >= 0.3 is 0 Å². The summed E-state index contributed by atoms with van der Waals surface area (Å²) in [5, 5.41) is 0. The minimum Gasteiger partial charge on any atom is -0.490 e. The van der Waals surface area contributed by atoms with Crippen LogP contribution < -0.4 is 9.47 Å². The van der Waals surface area contributed by atoms with Crippen molar-refractivity contribution in [1.82, 2.24) is 14.4 Å². The monoisotopic (exact) mass is 395 g/mol. The lowest BCUT2D eigenvalue weighted by Crippen LogP contribution is -2.00. The van der Waals surface area contributed by atoms with Crippen LogP contribution in [0.1, 0.15) is 18.2 Å². The van der Waals surface area contributed by atoms with Crippen LogP contribution in [0.2, 0.25) is 0 Å². The third kappa shape index (κ3) is 3.35. The van der Waals surface area contributed by atoms with E-state index in [1.165, 1.54) is 0 Å². The largest absolute Gasteiger partial charge is 0.490 e. The van der Waals surface area contributed by atoms with Gasteiger partial charge in [-0.2, -0.15) is 0 Å². The Balaban J connectivity index is 1.55. The third-order valence-electron chi connectivity index (χ3n) is 5.01. The molecule has 0 saturated carbocycles. The number of ether oxygens (including phenoxy) is 2. The second kappa shape index (κ2) is 7.87. The van der Waals surface area contributed by atoms with E-state index in [1.54, 1.807) is 6.20 Å². The zero-order valence-corrected chi connectivity index (χ0v) is 16.7. The summed E-state index contributed by atoms with van der Waals surface area (Å²) in [5.41, 5.74) is 5.08. The van der Waals surface area contributed by atoms with Crippen molar-refractivity contribution in [1.29, 1.82) is 0 Å². The first kappa shape index (κ1) is 18.2.